The molecule has 1 aliphatic heterocycles. The van der Waals surface area contributed by atoms with Gasteiger partial charge in [0.2, 0.25) is 0 Å². The lowest BCUT2D eigenvalue weighted by Crippen LogP contribution is -2.56. The largest absolute Gasteiger partial charge is 0.469 e. The van der Waals surface area contributed by atoms with Gasteiger partial charge in [-0.25, -0.2) is 21.6 Å². The van der Waals surface area contributed by atoms with Crippen molar-refractivity contribution in [1.29, 1.82) is 0 Å². The molecule has 1 amide bonds. The molecule has 39 heavy (non-hydrogen) atoms. The minimum Gasteiger partial charge on any atom is -0.469 e. The first-order valence-electron chi connectivity index (χ1n) is 12.3. The number of hydrogen-bond acceptors (Lipinski definition) is 7. The third-order valence-corrected chi connectivity index (χ3v) is 11.2. The number of carbonyl (C=O) groups is 2. The first kappa shape index (κ1) is 27.9. The zero-order valence-electron chi connectivity index (χ0n) is 21.0. The summed E-state index contributed by atoms with van der Waals surface area (Å²) in [5.41, 5.74) is -1.14. The second kappa shape index (κ2) is 10.1. The maximum Gasteiger partial charge on any atom is 0.313 e. The number of hydrogen-bond donors (Lipinski definition) is 1. The van der Waals surface area contributed by atoms with Crippen molar-refractivity contribution < 1.29 is 40.8 Å². The number of nitrogens with zero attached hydrogens (tertiary/aromatic N) is 1. The van der Waals surface area contributed by atoms with Crippen molar-refractivity contribution in [3.05, 3.63) is 58.4 Å². The van der Waals surface area contributed by atoms with E-state index in [1.807, 2.05) is 0 Å². The molecule has 0 aromatic heterocycles. The van der Waals surface area contributed by atoms with Crippen LogP contribution in [0.1, 0.15) is 36.0 Å². The Morgan fingerprint density at radius 3 is 2.31 bits per heavy atom. The summed E-state index contributed by atoms with van der Waals surface area (Å²) >= 11 is 6.33. The standard InChI is InChI=1S/C26H26ClF3N2O6S/c1-32-26(17(12-38-32)25(34)37-2)10-14-3-4-15(11-26)23(14)39(35,36)21-7-13(5-6-18(21)27)24(33)31-16-8-19(28)22(30)20(29)9-16/h5-9,14-15,17,23H,3-4,10-12H2,1-2H3,(H,31,33). The number of fused-ring (bicyclic) bond motifs is 2. The number of anilines is 1. The van der Waals surface area contributed by atoms with E-state index in [4.69, 9.17) is 21.2 Å². The van der Waals surface area contributed by atoms with E-state index in [9.17, 15) is 31.2 Å². The van der Waals surface area contributed by atoms with Crippen LogP contribution in [0.3, 0.4) is 0 Å². The topological polar surface area (TPSA) is 102 Å². The van der Waals surface area contributed by atoms with Gasteiger partial charge in [-0.2, -0.15) is 5.06 Å². The normalized spacial score (nSPS) is 28.6. The van der Waals surface area contributed by atoms with Crippen molar-refractivity contribution >= 4 is 39.0 Å². The lowest BCUT2D eigenvalue weighted by Gasteiger charge is -2.46. The number of ether oxygens (including phenoxy) is 1. The molecular formula is C26H26ClF3N2O6S. The fraction of sp³-hybridized carbons (Fsp3) is 0.462. The number of benzene rings is 2. The summed E-state index contributed by atoms with van der Waals surface area (Å²) in [4.78, 5) is 30.8. The number of rotatable bonds is 5. The Hall–Kier alpha value is -2.67. The molecule has 0 radical (unpaired) electrons. The Morgan fingerprint density at radius 2 is 1.72 bits per heavy atom. The van der Waals surface area contributed by atoms with E-state index in [0.29, 0.717) is 37.8 Å². The van der Waals surface area contributed by atoms with Gasteiger partial charge in [0.05, 0.1) is 34.4 Å². The Bertz CT molecular complexity index is 1420. The molecule has 8 nitrogen and oxygen atoms in total. The van der Waals surface area contributed by atoms with Crippen molar-refractivity contribution in [2.24, 2.45) is 17.8 Å². The van der Waals surface area contributed by atoms with Crippen molar-refractivity contribution in [1.82, 2.24) is 5.06 Å². The van der Waals surface area contributed by atoms with E-state index in [2.05, 4.69) is 5.32 Å². The van der Waals surface area contributed by atoms with Crippen LogP contribution in [0.15, 0.2) is 35.2 Å². The number of halogens is 4. The van der Waals surface area contributed by atoms with Gasteiger partial charge in [0, 0.05) is 30.4 Å². The molecule has 2 aromatic carbocycles. The van der Waals surface area contributed by atoms with Gasteiger partial charge < -0.3 is 10.1 Å². The predicted molar refractivity (Wildman–Crippen MR) is 134 cm³/mol. The SMILES string of the molecule is COC(=O)C1CON(C)C12CC1CCC(C2)C1S(=O)(=O)c1cc(C(=O)Nc2cc(F)c(F)c(F)c2)ccc1Cl. The van der Waals surface area contributed by atoms with Gasteiger partial charge in [-0.05, 0) is 55.7 Å². The summed E-state index contributed by atoms with van der Waals surface area (Å²) < 4.78 is 73.4. The van der Waals surface area contributed by atoms with Crippen LogP contribution < -0.4 is 5.32 Å². The van der Waals surface area contributed by atoms with Crippen LogP contribution >= 0.6 is 11.6 Å². The van der Waals surface area contributed by atoms with E-state index >= 15 is 0 Å². The van der Waals surface area contributed by atoms with E-state index in [1.54, 1.807) is 12.1 Å². The zero-order valence-corrected chi connectivity index (χ0v) is 22.6. The lowest BCUT2D eigenvalue weighted by atomic mass is 9.68. The van der Waals surface area contributed by atoms with E-state index in [0.717, 1.165) is 6.07 Å². The van der Waals surface area contributed by atoms with Crippen LogP contribution in [0.4, 0.5) is 18.9 Å². The second-order valence-electron chi connectivity index (χ2n) is 10.3. The monoisotopic (exact) mass is 586 g/mol. The molecule has 5 rings (SSSR count). The number of hydroxylamine groups is 2. The molecule has 3 unspecified atom stereocenters. The molecular weight excluding hydrogens is 561 g/mol. The highest BCUT2D eigenvalue weighted by molar-refractivity contribution is 7.92. The minimum atomic E-state index is -4.04. The van der Waals surface area contributed by atoms with Crippen molar-refractivity contribution in [2.75, 3.05) is 26.1 Å². The fourth-order valence-corrected chi connectivity index (χ4v) is 9.42. The van der Waals surface area contributed by atoms with Gasteiger partial charge in [0.15, 0.2) is 27.3 Å². The fourth-order valence-electron chi connectivity index (χ4n) is 6.58. The molecule has 1 spiro atoms. The predicted octanol–water partition coefficient (Wildman–Crippen LogP) is 4.38. The van der Waals surface area contributed by atoms with E-state index in [1.165, 1.54) is 19.2 Å². The van der Waals surface area contributed by atoms with Crippen LogP contribution in [0.25, 0.3) is 0 Å². The highest BCUT2D eigenvalue weighted by Gasteiger charge is 2.62. The quantitative estimate of drug-likeness (QED) is 0.410. The Labute approximate surface area is 228 Å². The third-order valence-electron chi connectivity index (χ3n) is 8.37. The number of nitrogens with one attached hydrogen (secondary N) is 1. The Kier molecular flexibility index (Phi) is 7.19. The Balaban J connectivity index is 1.43. The smallest absolute Gasteiger partial charge is 0.313 e. The number of methoxy groups -OCH3 is 1. The van der Waals surface area contributed by atoms with Crippen LogP contribution in [0.5, 0.6) is 0 Å². The highest BCUT2D eigenvalue weighted by atomic mass is 35.5. The summed E-state index contributed by atoms with van der Waals surface area (Å²) in [6.45, 7) is 0.158. The van der Waals surface area contributed by atoms with Crippen LogP contribution in [0.2, 0.25) is 5.02 Å². The number of amides is 1. The molecule has 2 aromatic rings. The minimum absolute atomic E-state index is 0.0705. The van der Waals surface area contributed by atoms with Crippen LogP contribution in [-0.2, 0) is 24.2 Å². The van der Waals surface area contributed by atoms with Crippen molar-refractivity contribution in [2.45, 2.75) is 41.4 Å². The van der Waals surface area contributed by atoms with E-state index in [-0.39, 0.29) is 39.6 Å². The average Bonchev–Trinajstić information content (AvgIpc) is 3.35. The van der Waals surface area contributed by atoms with Gasteiger partial charge >= 0.3 is 5.97 Å². The molecule has 1 N–H and O–H groups in total. The second-order valence-corrected chi connectivity index (χ2v) is 12.8. The average molecular weight is 587 g/mol. The summed E-state index contributed by atoms with van der Waals surface area (Å²) in [5.74, 6) is -7.02. The van der Waals surface area contributed by atoms with E-state index < -0.39 is 55.9 Å². The molecule has 210 valence electrons. The molecule has 1 heterocycles. The Morgan fingerprint density at radius 1 is 1.10 bits per heavy atom. The van der Waals surface area contributed by atoms with Gasteiger partial charge in [0.25, 0.3) is 5.91 Å². The van der Waals surface area contributed by atoms with Crippen molar-refractivity contribution in [3.8, 4) is 0 Å². The molecule has 3 aliphatic rings. The molecule has 3 atom stereocenters. The van der Waals surface area contributed by atoms with Gasteiger partial charge in [-0.15, -0.1) is 0 Å². The zero-order chi connectivity index (χ0) is 28.3. The molecule has 13 heteroatoms. The number of sulfone groups is 1. The summed E-state index contributed by atoms with van der Waals surface area (Å²) in [7, 11) is -0.983. The van der Waals surface area contributed by atoms with Crippen LogP contribution in [0, 0.1) is 35.2 Å². The maximum atomic E-state index is 14.0. The van der Waals surface area contributed by atoms with Gasteiger partial charge in [-0.1, -0.05) is 11.6 Å². The molecule has 2 bridgehead atoms. The first-order valence-corrected chi connectivity index (χ1v) is 14.3. The highest BCUT2D eigenvalue weighted by Crippen LogP contribution is 2.56. The number of carbonyl (C=O) groups excluding carboxylic acids is 2. The third kappa shape index (κ3) is 4.60. The number of esters is 1. The molecule has 2 saturated carbocycles. The van der Waals surface area contributed by atoms with Gasteiger partial charge in [-0.3, -0.25) is 14.4 Å². The lowest BCUT2D eigenvalue weighted by molar-refractivity contribution is -0.163. The maximum absolute atomic E-state index is 14.0. The molecule has 2 aliphatic carbocycles. The van der Waals surface area contributed by atoms with Crippen molar-refractivity contribution in [3.63, 3.8) is 0 Å². The molecule has 1 saturated heterocycles. The molecule has 3 fully saturated rings. The summed E-state index contributed by atoms with van der Waals surface area (Å²) in [6.07, 6.45) is 2.08. The van der Waals surface area contributed by atoms with Gasteiger partial charge in [0.1, 0.15) is 5.92 Å². The summed E-state index contributed by atoms with van der Waals surface area (Å²) in [6, 6.07) is 4.92. The van der Waals surface area contributed by atoms with Crippen LogP contribution in [-0.4, -0.2) is 56.9 Å². The summed E-state index contributed by atoms with van der Waals surface area (Å²) in [5, 5.41) is 3.06. The first-order chi connectivity index (χ1) is 18.4.